The molecule has 2 aromatic rings. The number of nitrogens with zero attached hydrogens (tertiary/aromatic N) is 2. The van der Waals surface area contributed by atoms with Gasteiger partial charge in [-0.2, -0.15) is 5.26 Å². The van der Waals surface area contributed by atoms with Gasteiger partial charge >= 0.3 is 0 Å². The van der Waals surface area contributed by atoms with Gasteiger partial charge < -0.3 is 0 Å². The molecule has 0 spiro atoms. The van der Waals surface area contributed by atoms with Gasteiger partial charge in [-0.25, -0.2) is 4.98 Å². The molecule has 2 rings (SSSR count). The van der Waals surface area contributed by atoms with Crippen molar-refractivity contribution in [1.29, 1.82) is 5.26 Å². The molecule has 2 nitrogen and oxygen atoms in total. The highest BCUT2D eigenvalue weighted by Crippen LogP contribution is 2.34. The van der Waals surface area contributed by atoms with Crippen LogP contribution in [0.15, 0.2) is 46.5 Å². The minimum atomic E-state index is 0.139. The molecule has 1 aromatic carbocycles. The van der Waals surface area contributed by atoms with Crippen LogP contribution in [-0.2, 0) is 5.41 Å². The van der Waals surface area contributed by atoms with Crippen LogP contribution in [-0.4, -0.2) is 4.98 Å². The Hall–Kier alpha value is -1.50. The van der Waals surface area contributed by atoms with Crippen LogP contribution in [0.1, 0.15) is 31.9 Å². The number of nitriles is 1. The number of pyridine rings is 1. The van der Waals surface area contributed by atoms with Crippen molar-refractivity contribution in [3.63, 3.8) is 0 Å². The molecule has 1 heterocycles. The summed E-state index contributed by atoms with van der Waals surface area (Å²) >= 11 is 7.63. The van der Waals surface area contributed by atoms with Crippen molar-refractivity contribution < 1.29 is 0 Å². The number of aromatic nitrogens is 1. The van der Waals surface area contributed by atoms with E-state index in [1.54, 1.807) is 12.3 Å². The zero-order valence-corrected chi connectivity index (χ0v) is 13.2. The Morgan fingerprint density at radius 1 is 1.15 bits per heavy atom. The van der Waals surface area contributed by atoms with Gasteiger partial charge in [0.2, 0.25) is 0 Å². The largest absolute Gasteiger partial charge is 0.248 e. The zero-order valence-electron chi connectivity index (χ0n) is 11.6. The Labute approximate surface area is 128 Å². The Kier molecular flexibility index (Phi) is 4.37. The lowest BCUT2D eigenvalue weighted by atomic mass is 9.87. The summed E-state index contributed by atoms with van der Waals surface area (Å²) in [6, 6.07) is 12.0. The molecule has 20 heavy (non-hydrogen) atoms. The molecule has 0 aliphatic heterocycles. The first kappa shape index (κ1) is 14.9. The molecular weight excluding hydrogens is 288 g/mol. The van der Waals surface area contributed by atoms with Gasteiger partial charge in [-0.1, -0.05) is 56.3 Å². The Morgan fingerprint density at radius 2 is 1.80 bits per heavy atom. The fourth-order valence-corrected chi connectivity index (χ4v) is 2.79. The second-order valence-corrected chi connectivity index (χ2v) is 6.91. The van der Waals surface area contributed by atoms with Crippen LogP contribution >= 0.6 is 23.4 Å². The van der Waals surface area contributed by atoms with Crippen LogP contribution in [0.5, 0.6) is 0 Å². The summed E-state index contributed by atoms with van der Waals surface area (Å²) in [5.74, 6) is 0. The van der Waals surface area contributed by atoms with E-state index in [0.29, 0.717) is 15.6 Å². The van der Waals surface area contributed by atoms with Gasteiger partial charge in [0, 0.05) is 11.1 Å². The monoisotopic (exact) mass is 302 g/mol. The van der Waals surface area contributed by atoms with Gasteiger partial charge in [0.25, 0.3) is 0 Å². The molecule has 0 N–H and O–H groups in total. The van der Waals surface area contributed by atoms with E-state index in [1.165, 1.54) is 17.3 Å². The van der Waals surface area contributed by atoms with Crippen LogP contribution in [0, 0.1) is 11.3 Å². The van der Waals surface area contributed by atoms with Gasteiger partial charge in [-0.05, 0) is 29.2 Å². The summed E-state index contributed by atoms with van der Waals surface area (Å²) < 4.78 is 0. The van der Waals surface area contributed by atoms with E-state index in [4.69, 9.17) is 16.9 Å². The van der Waals surface area contributed by atoms with Gasteiger partial charge in [0.05, 0.1) is 10.6 Å². The van der Waals surface area contributed by atoms with Crippen molar-refractivity contribution in [2.24, 2.45) is 0 Å². The molecule has 0 fully saturated rings. The number of halogens is 1. The van der Waals surface area contributed by atoms with E-state index in [2.05, 4.69) is 56.1 Å². The molecule has 0 radical (unpaired) electrons. The fraction of sp³-hybridized carbons (Fsp3) is 0.250. The zero-order chi connectivity index (χ0) is 14.8. The summed E-state index contributed by atoms with van der Waals surface area (Å²) in [5.41, 5.74) is 1.88. The standard InChI is InChI=1S/C16H15ClN2S/c1-16(2,3)12-4-6-13(7-5-12)20-15-14(17)11(10-18)8-9-19-15/h4-9H,1-3H3. The van der Waals surface area contributed by atoms with Crippen LogP contribution in [0.3, 0.4) is 0 Å². The quantitative estimate of drug-likeness (QED) is 0.778. The Bertz CT molecular complexity index is 652. The van der Waals surface area contributed by atoms with Crippen molar-refractivity contribution in [2.75, 3.05) is 0 Å². The maximum absolute atomic E-state index is 8.96. The molecule has 0 saturated heterocycles. The van der Waals surface area contributed by atoms with Crippen LogP contribution < -0.4 is 0 Å². The highest BCUT2D eigenvalue weighted by Gasteiger charge is 2.14. The highest BCUT2D eigenvalue weighted by atomic mass is 35.5. The fourth-order valence-electron chi connectivity index (χ4n) is 1.72. The summed E-state index contributed by atoms with van der Waals surface area (Å²) in [4.78, 5) is 5.29. The number of hydrogen-bond donors (Lipinski definition) is 0. The summed E-state index contributed by atoms with van der Waals surface area (Å²) in [5, 5.41) is 10.0. The van der Waals surface area contributed by atoms with E-state index in [-0.39, 0.29) is 5.41 Å². The van der Waals surface area contributed by atoms with Crippen molar-refractivity contribution in [2.45, 2.75) is 36.1 Å². The highest BCUT2D eigenvalue weighted by molar-refractivity contribution is 7.99. The second kappa shape index (κ2) is 5.87. The van der Waals surface area contributed by atoms with E-state index in [1.807, 2.05) is 0 Å². The molecule has 0 saturated carbocycles. The molecule has 0 amide bonds. The molecule has 1 aromatic heterocycles. The number of rotatable bonds is 2. The lowest BCUT2D eigenvalue weighted by Gasteiger charge is -2.19. The van der Waals surface area contributed by atoms with E-state index in [9.17, 15) is 0 Å². The van der Waals surface area contributed by atoms with Gasteiger partial charge in [0.1, 0.15) is 11.1 Å². The van der Waals surface area contributed by atoms with E-state index >= 15 is 0 Å². The number of hydrogen-bond acceptors (Lipinski definition) is 3. The maximum Gasteiger partial charge on any atom is 0.121 e. The van der Waals surface area contributed by atoms with Crippen molar-refractivity contribution in [1.82, 2.24) is 4.98 Å². The Balaban J connectivity index is 2.26. The van der Waals surface area contributed by atoms with Crippen molar-refractivity contribution >= 4 is 23.4 Å². The van der Waals surface area contributed by atoms with Gasteiger partial charge in [-0.15, -0.1) is 0 Å². The van der Waals surface area contributed by atoms with Gasteiger partial charge in [-0.3, -0.25) is 0 Å². The molecule has 0 atom stereocenters. The summed E-state index contributed by atoms with van der Waals surface area (Å²) in [6.45, 7) is 6.55. The van der Waals surface area contributed by atoms with E-state index < -0.39 is 0 Å². The first-order chi connectivity index (χ1) is 9.41. The molecule has 0 bridgehead atoms. The normalized spacial score (nSPS) is 11.2. The minimum Gasteiger partial charge on any atom is -0.248 e. The first-order valence-electron chi connectivity index (χ1n) is 6.25. The lowest BCUT2D eigenvalue weighted by molar-refractivity contribution is 0.590. The summed E-state index contributed by atoms with van der Waals surface area (Å²) in [7, 11) is 0. The van der Waals surface area contributed by atoms with E-state index in [0.717, 1.165) is 4.90 Å². The Morgan fingerprint density at radius 3 is 2.35 bits per heavy atom. The number of benzene rings is 1. The molecule has 0 aliphatic carbocycles. The third-order valence-electron chi connectivity index (χ3n) is 2.91. The summed E-state index contributed by atoms with van der Waals surface area (Å²) in [6.07, 6.45) is 1.61. The molecular formula is C16H15ClN2S. The smallest absolute Gasteiger partial charge is 0.121 e. The minimum absolute atomic E-state index is 0.139. The SMILES string of the molecule is CC(C)(C)c1ccc(Sc2nccc(C#N)c2Cl)cc1. The molecule has 0 unspecified atom stereocenters. The van der Waals surface area contributed by atoms with Crippen LogP contribution in [0.2, 0.25) is 5.02 Å². The predicted molar refractivity (Wildman–Crippen MR) is 83.2 cm³/mol. The topological polar surface area (TPSA) is 36.7 Å². The average molecular weight is 303 g/mol. The third kappa shape index (κ3) is 3.33. The second-order valence-electron chi connectivity index (χ2n) is 5.47. The van der Waals surface area contributed by atoms with Crippen molar-refractivity contribution in [3.05, 3.63) is 52.7 Å². The van der Waals surface area contributed by atoms with Crippen LogP contribution in [0.4, 0.5) is 0 Å². The third-order valence-corrected chi connectivity index (χ3v) is 4.42. The van der Waals surface area contributed by atoms with Crippen molar-refractivity contribution in [3.8, 4) is 6.07 Å². The average Bonchev–Trinajstić information content (AvgIpc) is 2.41. The molecule has 102 valence electrons. The van der Waals surface area contributed by atoms with Crippen LogP contribution in [0.25, 0.3) is 0 Å². The lowest BCUT2D eigenvalue weighted by Crippen LogP contribution is -2.10. The van der Waals surface area contributed by atoms with Gasteiger partial charge in [0.15, 0.2) is 0 Å². The predicted octanol–water partition coefficient (Wildman–Crippen LogP) is 5.06. The molecule has 4 heteroatoms. The first-order valence-corrected chi connectivity index (χ1v) is 7.44. The maximum atomic E-state index is 8.96. The molecule has 0 aliphatic rings.